The number of carboxylic acids is 1. The Bertz CT molecular complexity index is 150. The lowest BCUT2D eigenvalue weighted by Crippen LogP contribution is -2.21. The van der Waals surface area contributed by atoms with Gasteiger partial charge in [0, 0.05) is 0 Å². The topological polar surface area (TPSA) is 37.3 Å². The van der Waals surface area contributed by atoms with Crippen LogP contribution in [0.15, 0.2) is 0 Å². The number of hydrogen-bond donors (Lipinski definition) is 1. The van der Waals surface area contributed by atoms with Crippen LogP contribution in [0, 0.1) is 17.8 Å². The minimum atomic E-state index is -0.635. The van der Waals surface area contributed by atoms with E-state index in [1.807, 2.05) is 6.92 Å². The number of carboxylic acid groups (broad SMARTS) is 1. The predicted molar refractivity (Wildman–Crippen MR) is 43.3 cm³/mol. The minimum absolute atomic E-state index is 0.146. The summed E-state index contributed by atoms with van der Waals surface area (Å²) in [6.07, 6.45) is 3.50. The van der Waals surface area contributed by atoms with Gasteiger partial charge in [-0.15, -0.1) is 0 Å². The normalized spacial score (nSPS) is 22.7. The van der Waals surface area contributed by atoms with Crippen molar-refractivity contribution in [1.29, 1.82) is 0 Å². The summed E-state index contributed by atoms with van der Waals surface area (Å²) >= 11 is 0. The molecule has 1 saturated carbocycles. The van der Waals surface area contributed by atoms with Gasteiger partial charge in [-0.25, -0.2) is 0 Å². The Morgan fingerprint density at radius 2 is 2.18 bits per heavy atom. The standard InChI is InChI=1S/C9H16O2/c1-3-8(7-4-5-7)6(2)9(10)11/h6-8H,3-5H2,1-2H3,(H,10,11). The molecule has 2 nitrogen and oxygen atoms in total. The molecule has 2 unspecified atom stereocenters. The van der Waals surface area contributed by atoms with E-state index in [-0.39, 0.29) is 5.92 Å². The van der Waals surface area contributed by atoms with Crippen LogP contribution < -0.4 is 0 Å². The van der Waals surface area contributed by atoms with Crippen molar-refractivity contribution in [2.45, 2.75) is 33.1 Å². The van der Waals surface area contributed by atoms with E-state index in [0.717, 1.165) is 6.42 Å². The average molecular weight is 156 g/mol. The predicted octanol–water partition coefficient (Wildman–Crippen LogP) is 2.14. The lowest BCUT2D eigenvalue weighted by Gasteiger charge is -2.17. The Kier molecular flexibility index (Phi) is 2.53. The number of rotatable bonds is 4. The van der Waals surface area contributed by atoms with Gasteiger partial charge < -0.3 is 5.11 Å². The van der Waals surface area contributed by atoms with E-state index in [0.29, 0.717) is 11.8 Å². The first-order valence-corrected chi connectivity index (χ1v) is 4.39. The fraction of sp³-hybridized carbons (Fsp3) is 0.889. The zero-order valence-corrected chi connectivity index (χ0v) is 7.21. The van der Waals surface area contributed by atoms with Crippen LogP contribution in [-0.4, -0.2) is 11.1 Å². The summed E-state index contributed by atoms with van der Waals surface area (Å²) in [6.45, 7) is 3.91. The molecule has 1 fully saturated rings. The molecule has 0 bridgehead atoms. The molecule has 1 rings (SSSR count). The Labute approximate surface area is 67.6 Å². The van der Waals surface area contributed by atoms with Crippen LogP contribution in [0.25, 0.3) is 0 Å². The molecule has 2 heteroatoms. The van der Waals surface area contributed by atoms with E-state index >= 15 is 0 Å². The maximum Gasteiger partial charge on any atom is 0.306 e. The molecule has 0 amide bonds. The Morgan fingerprint density at radius 3 is 2.45 bits per heavy atom. The summed E-state index contributed by atoms with van der Waals surface area (Å²) in [5, 5.41) is 8.76. The molecule has 0 radical (unpaired) electrons. The summed E-state index contributed by atoms with van der Waals surface area (Å²) < 4.78 is 0. The first-order valence-electron chi connectivity index (χ1n) is 4.39. The number of aliphatic carboxylic acids is 1. The van der Waals surface area contributed by atoms with Crippen LogP contribution in [0.2, 0.25) is 0 Å². The molecule has 0 saturated heterocycles. The van der Waals surface area contributed by atoms with E-state index < -0.39 is 5.97 Å². The van der Waals surface area contributed by atoms with Gasteiger partial charge in [-0.2, -0.15) is 0 Å². The van der Waals surface area contributed by atoms with Gasteiger partial charge in [-0.05, 0) is 24.7 Å². The van der Waals surface area contributed by atoms with Crippen LogP contribution in [0.5, 0.6) is 0 Å². The molecule has 64 valence electrons. The summed E-state index contributed by atoms with van der Waals surface area (Å²) in [4.78, 5) is 10.6. The number of hydrogen-bond acceptors (Lipinski definition) is 1. The summed E-state index contributed by atoms with van der Waals surface area (Å²) in [6, 6.07) is 0. The molecule has 1 aliphatic rings. The van der Waals surface area contributed by atoms with Gasteiger partial charge in [0.25, 0.3) is 0 Å². The fourth-order valence-corrected chi connectivity index (χ4v) is 1.80. The largest absolute Gasteiger partial charge is 0.481 e. The third-order valence-electron chi connectivity index (χ3n) is 2.73. The smallest absolute Gasteiger partial charge is 0.306 e. The van der Waals surface area contributed by atoms with Crippen molar-refractivity contribution < 1.29 is 9.90 Å². The molecule has 1 aliphatic carbocycles. The highest BCUT2D eigenvalue weighted by molar-refractivity contribution is 5.69. The molecule has 11 heavy (non-hydrogen) atoms. The second-order valence-corrected chi connectivity index (χ2v) is 3.54. The van der Waals surface area contributed by atoms with Gasteiger partial charge in [-0.1, -0.05) is 20.3 Å². The Morgan fingerprint density at radius 1 is 1.64 bits per heavy atom. The molecule has 0 aliphatic heterocycles. The summed E-state index contributed by atoms with van der Waals surface area (Å²) in [5.74, 6) is 0.356. The van der Waals surface area contributed by atoms with Crippen molar-refractivity contribution in [2.75, 3.05) is 0 Å². The van der Waals surface area contributed by atoms with Crippen LogP contribution in [-0.2, 0) is 4.79 Å². The summed E-state index contributed by atoms with van der Waals surface area (Å²) in [7, 11) is 0. The zero-order chi connectivity index (χ0) is 8.43. The monoisotopic (exact) mass is 156 g/mol. The van der Waals surface area contributed by atoms with Crippen molar-refractivity contribution in [3.05, 3.63) is 0 Å². The molecule has 0 aromatic rings. The van der Waals surface area contributed by atoms with Crippen LogP contribution in [0.3, 0.4) is 0 Å². The van der Waals surface area contributed by atoms with Gasteiger partial charge in [0.15, 0.2) is 0 Å². The third kappa shape index (κ3) is 1.95. The van der Waals surface area contributed by atoms with E-state index in [1.165, 1.54) is 12.8 Å². The van der Waals surface area contributed by atoms with Crippen molar-refractivity contribution in [1.82, 2.24) is 0 Å². The Hall–Kier alpha value is -0.530. The first kappa shape index (κ1) is 8.57. The second-order valence-electron chi connectivity index (χ2n) is 3.54. The highest BCUT2D eigenvalue weighted by Crippen LogP contribution is 2.42. The minimum Gasteiger partial charge on any atom is -0.481 e. The highest BCUT2D eigenvalue weighted by Gasteiger charge is 2.35. The van der Waals surface area contributed by atoms with Crippen molar-refractivity contribution in [3.63, 3.8) is 0 Å². The van der Waals surface area contributed by atoms with Crippen molar-refractivity contribution in [2.24, 2.45) is 17.8 Å². The highest BCUT2D eigenvalue weighted by atomic mass is 16.4. The lowest BCUT2D eigenvalue weighted by atomic mass is 9.87. The maximum absolute atomic E-state index is 10.6. The molecule has 1 N–H and O–H groups in total. The quantitative estimate of drug-likeness (QED) is 0.677. The van der Waals surface area contributed by atoms with Crippen LogP contribution >= 0.6 is 0 Å². The number of carbonyl (C=O) groups is 1. The molecular weight excluding hydrogens is 140 g/mol. The van der Waals surface area contributed by atoms with E-state index in [4.69, 9.17) is 5.11 Å². The third-order valence-corrected chi connectivity index (χ3v) is 2.73. The fourth-order valence-electron chi connectivity index (χ4n) is 1.80. The van der Waals surface area contributed by atoms with Gasteiger partial charge in [0.05, 0.1) is 5.92 Å². The van der Waals surface area contributed by atoms with Gasteiger partial charge in [0.1, 0.15) is 0 Å². The molecule has 0 aromatic carbocycles. The van der Waals surface area contributed by atoms with Crippen LogP contribution in [0.4, 0.5) is 0 Å². The molecule has 0 spiro atoms. The van der Waals surface area contributed by atoms with E-state index in [9.17, 15) is 4.79 Å². The Balaban J connectivity index is 2.45. The van der Waals surface area contributed by atoms with E-state index in [1.54, 1.807) is 0 Å². The first-order chi connectivity index (χ1) is 5.16. The summed E-state index contributed by atoms with van der Waals surface area (Å²) in [5.41, 5.74) is 0. The average Bonchev–Trinajstić information content (AvgIpc) is 2.72. The second kappa shape index (κ2) is 3.24. The molecular formula is C9H16O2. The molecule has 0 heterocycles. The van der Waals surface area contributed by atoms with Gasteiger partial charge in [-0.3, -0.25) is 4.79 Å². The maximum atomic E-state index is 10.6. The SMILES string of the molecule is CCC(C1CC1)C(C)C(=O)O. The molecule has 0 aromatic heterocycles. The van der Waals surface area contributed by atoms with Crippen molar-refractivity contribution >= 4 is 5.97 Å². The van der Waals surface area contributed by atoms with Gasteiger partial charge in [0.2, 0.25) is 0 Å². The van der Waals surface area contributed by atoms with E-state index in [2.05, 4.69) is 6.92 Å². The van der Waals surface area contributed by atoms with Crippen LogP contribution in [0.1, 0.15) is 33.1 Å². The molecule has 2 atom stereocenters. The van der Waals surface area contributed by atoms with Crippen molar-refractivity contribution in [3.8, 4) is 0 Å². The van der Waals surface area contributed by atoms with Gasteiger partial charge >= 0.3 is 5.97 Å². The zero-order valence-electron chi connectivity index (χ0n) is 7.21. The lowest BCUT2D eigenvalue weighted by molar-refractivity contribution is -0.143.